The van der Waals surface area contributed by atoms with Crippen molar-refractivity contribution in [3.63, 3.8) is 0 Å². The first-order valence-electron chi connectivity index (χ1n) is 9.28. The van der Waals surface area contributed by atoms with Crippen LogP contribution < -0.4 is 16.6 Å². The molecule has 0 unspecified atom stereocenters. The topological polar surface area (TPSA) is 110 Å². The number of hydrogen-bond acceptors (Lipinski definition) is 7. The molecule has 3 amide bonds. The number of urea groups is 1. The normalized spacial score (nSPS) is 13.7. The van der Waals surface area contributed by atoms with Gasteiger partial charge < -0.3 is 10.6 Å². The Bertz CT molecular complexity index is 951. The number of rotatable bonds is 7. The van der Waals surface area contributed by atoms with E-state index in [0.29, 0.717) is 11.7 Å². The van der Waals surface area contributed by atoms with Crippen molar-refractivity contribution >= 4 is 45.3 Å². The van der Waals surface area contributed by atoms with Crippen LogP contribution in [0.15, 0.2) is 9.95 Å². The molecule has 0 atom stereocenters. The molecule has 10 heteroatoms. The van der Waals surface area contributed by atoms with E-state index >= 15 is 0 Å². The molecule has 0 aliphatic heterocycles. The lowest BCUT2D eigenvalue weighted by atomic mass is 9.97. The number of aryl methyl sites for hydroxylation is 2. The van der Waals surface area contributed by atoms with Gasteiger partial charge in [0.25, 0.3) is 5.56 Å². The van der Waals surface area contributed by atoms with Crippen LogP contribution in [-0.2, 0) is 24.2 Å². The monoisotopic (exact) mass is 423 g/mol. The van der Waals surface area contributed by atoms with Gasteiger partial charge in [-0.2, -0.15) is 0 Å². The van der Waals surface area contributed by atoms with Gasteiger partial charge >= 0.3 is 6.03 Å². The minimum Gasteiger partial charge on any atom is -0.351 e. The second-order valence-corrected chi connectivity index (χ2v) is 9.13. The molecule has 1 aliphatic carbocycles. The number of nitrogens with one attached hydrogen (secondary N) is 1. The maximum Gasteiger partial charge on any atom is 0.318 e. The molecule has 0 aromatic carbocycles. The number of hydrogen-bond donors (Lipinski definition) is 2. The van der Waals surface area contributed by atoms with E-state index in [-0.39, 0.29) is 11.3 Å². The molecule has 152 valence electrons. The molecule has 0 bridgehead atoms. The minimum atomic E-state index is -0.886. The van der Waals surface area contributed by atoms with Crippen LogP contribution in [0.4, 0.5) is 4.79 Å². The number of nitrogens with two attached hydrogens (primary N) is 1. The quantitative estimate of drug-likeness (QED) is 0.517. The van der Waals surface area contributed by atoms with Gasteiger partial charge in [-0.3, -0.25) is 19.5 Å². The molecular formula is C18H25N5O3S2. The molecule has 1 aliphatic rings. The first-order valence-corrected chi connectivity index (χ1v) is 11.1. The zero-order valence-corrected chi connectivity index (χ0v) is 17.8. The summed E-state index contributed by atoms with van der Waals surface area (Å²) in [6.45, 7) is 1.38. The number of thiophene rings is 1. The second kappa shape index (κ2) is 9.06. The maximum absolute atomic E-state index is 13.3. The third-order valence-corrected chi connectivity index (χ3v) is 6.78. The lowest BCUT2D eigenvalue weighted by Crippen LogP contribution is -2.36. The molecule has 8 nitrogen and oxygen atoms in total. The highest BCUT2D eigenvalue weighted by Gasteiger charge is 2.22. The number of fused-ring (bicyclic) bond motifs is 3. The number of imide groups is 1. The number of carbonyl (C=O) groups is 2. The van der Waals surface area contributed by atoms with E-state index in [0.717, 1.165) is 66.2 Å². The van der Waals surface area contributed by atoms with Gasteiger partial charge in [-0.1, -0.05) is 11.8 Å². The summed E-state index contributed by atoms with van der Waals surface area (Å²) in [5, 5.41) is 3.30. The molecule has 0 saturated heterocycles. The van der Waals surface area contributed by atoms with E-state index in [1.54, 1.807) is 15.9 Å². The number of thioether (sulfide) groups is 1. The first kappa shape index (κ1) is 20.8. The summed E-state index contributed by atoms with van der Waals surface area (Å²) in [5.41, 5.74) is 6.12. The molecule has 3 N–H and O–H groups in total. The number of aromatic nitrogens is 2. The van der Waals surface area contributed by atoms with Gasteiger partial charge in [-0.05, 0) is 58.3 Å². The Kier molecular flexibility index (Phi) is 6.73. The fraction of sp³-hybridized carbons (Fsp3) is 0.556. The fourth-order valence-corrected chi connectivity index (χ4v) is 5.50. The molecular weight excluding hydrogens is 398 g/mol. The molecule has 2 aromatic rings. The van der Waals surface area contributed by atoms with Crippen molar-refractivity contribution in [3.05, 3.63) is 20.8 Å². The molecule has 0 saturated carbocycles. The number of primary amides is 1. The number of nitrogens with zero attached hydrogens (tertiary/aromatic N) is 3. The van der Waals surface area contributed by atoms with Crippen LogP contribution in [0.2, 0.25) is 0 Å². The van der Waals surface area contributed by atoms with E-state index in [1.807, 2.05) is 19.4 Å². The highest BCUT2D eigenvalue weighted by atomic mass is 32.2. The number of carbonyl (C=O) groups excluding carboxylic acids is 2. The molecule has 3 rings (SSSR count). The Morgan fingerprint density at radius 1 is 1.32 bits per heavy atom. The molecule has 28 heavy (non-hydrogen) atoms. The first-order chi connectivity index (χ1) is 13.4. The van der Waals surface area contributed by atoms with Gasteiger partial charge in [0.05, 0.1) is 11.1 Å². The summed E-state index contributed by atoms with van der Waals surface area (Å²) >= 11 is 2.75. The summed E-state index contributed by atoms with van der Waals surface area (Å²) in [5.74, 6) is -0.531. The van der Waals surface area contributed by atoms with Gasteiger partial charge in [-0.15, -0.1) is 11.3 Å². The Labute approximate surface area is 171 Å². The van der Waals surface area contributed by atoms with Crippen molar-refractivity contribution in [2.75, 3.05) is 26.4 Å². The summed E-state index contributed by atoms with van der Waals surface area (Å²) in [6, 6.07) is -0.886. The highest BCUT2D eigenvalue weighted by Crippen LogP contribution is 2.34. The van der Waals surface area contributed by atoms with Crippen molar-refractivity contribution < 1.29 is 9.59 Å². The van der Waals surface area contributed by atoms with E-state index in [4.69, 9.17) is 10.7 Å². The fourth-order valence-electron chi connectivity index (χ4n) is 3.38. The van der Waals surface area contributed by atoms with Gasteiger partial charge in [0, 0.05) is 11.4 Å². The van der Waals surface area contributed by atoms with Crippen LogP contribution >= 0.6 is 23.1 Å². The Morgan fingerprint density at radius 2 is 2.07 bits per heavy atom. The predicted octanol–water partition coefficient (Wildman–Crippen LogP) is 1.58. The van der Waals surface area contributed by atoms with Crippen molar-refractivity contribution in [1.29, 1.82) is 0 Å². The average molecular weight is 424 g/mol. The lowest BCUT2D eigenvalue weighted by Gasteiger charge is -2.15. The zero-order valence-electron chi connectivity index (χ0n) is 16.1. The number of amides is 3. The molecule has 0 spiro atoms. The van der Waals surface area contributed by atoms with E-state index in [1.165, 1.54) is 4.88 Å². The van der Waals surface area contributed by atoms with Gasteiger partial charge in [0.2, 0.25) is 5.91 Å². The van der Waals surface area contributed by atoms with Crippen molar-refractivity contribution in [1.82, 2.24) is 19.8 Å². The van der Waals surface area contributed by atoms with E-state index < -0.39 is 11.9 Å². The summed E-state index contributed by atoms with van der Waals surface area (Å²) < 4.78 is 1.68. The predicted molar refractivity (Wildman–Crippen MR) is 112 cm³/mol. The third-order valence-electron chi connectivity index (χ3n) is 4.62. The van der Waals surface area contributed by atoms with Crippen LogP contribution in [-0.4, -0.2) is 52.8 Å². The molecule has 0 radical (unpaired) electrons. The van der Waals surface area contributed by atoms with Crippen molar-refractivity contribution in [3.8, 4) is 0 Å². The third kappa shape index (κ3) is 4.73. The molecule has 2 aromatic heterocycles. The smallest absolute Gasteiger partial charge is 0.318 e. The highest BCUT2D eigenvalue weighted by molar-refractivity contribution is 7.99. The van der Waals surface area contributed by atoms with Gasteiger partial charge in [-0.25, -0.2) is 9.78 Å². The van der Waals surface area contributed by atoms with Gasteiger partial charge in [0.1, 0.15) is 4.83 Å². The largest absolute Gasteiger partial charge is 0.351 e. The lowest BCUT2D eigenvalue weighted by molar-refractivity contribution is -0.117. The molecule has 0 fully saturated rings. The maximum atomic E-state index is 13.3. The zero-order chi connectivity index (χ0) is 20.3. The minimum absolute atomic E-state index is 0.0269. The van der Waals surface area contributed by atoms with Crippen molar-refractivity contribution in [2.45, 2.75) is 43.8 Å². The van der Waals surface area contributed by atoms with Crippen LogP contribution in [0.25, 0.3) is 10.2 Å². The summed E-state index contributed by atoms with van der Waals surface area (Å²) in [6.07, 6.45) is 4.97. The Balaban J connectivity index is 1.95. The average Bonchev–Trinajstić information content (AvgIpc) is 2.99. The Morgan fingerprint density at radius 3 is 2.79 bits per heavy atom. The molecule has 2 heterocycles. The SMILES string of the molecule is CN(C)CCCn1c(SCC(=O)NC(N)=O)nc2sc3c(c2c1=O)CCCC3. The van der Waals surface area contributed by atoms with Crippen LogP contribution in [0.5, 0.6) is 0 Å². The van der Waals surface area contributed by atoms with Crippen LogP contribution in [0.1, 0.15) is 29.7 Å². The Hall–Kier alpha value is -1.91. The van der Waals surface area contributed by atoms with Gasteiger partial charge in [0.15, 0.2) is 5.16 Å². The summed E-state index contributed by atoms with van der Waals surface area (Å²) in [4.78, 5) is 44.7. The second-order valence-electron chi connectivity index (χ2n) is 7.10. The van der Waals surface area contributed by atoms with Crippen molar-refractivity contribution in [2.24, 2.45) is 5.73 Å². The summed E-state index contributed by atoms with van der Waals surface area (Å²) in [7, 11) is 3.98. The van der Waals surface area contributed by atoms with E-state index in [2.05, 4.69) is 4.90 Å². The van der Waals surface area contributed by atoms with Crippen LogP contribution in [0.3, 0.4) is 0 Å². The van der Waals surface area contributed by atoms with Crippen LogP contribution in [0, 0.1) is 0 Å². The van der Waals surface area contributed by atoms with E-state index in [9.17, 15) is 14.4 Å². The standard InChI is InChI=1S/C18H25N5O3S2/c1-22(2)8-5-9-23-16(25)14-11-6-3-4-7-12(11)28-15(14)21-18(23)27-10-13(24)20-17(19)26/h3-10H2,1-2H3,(H3,19,20,24,26).